The molecule has 0 amide bonds. The lowest BCUT2D eigenvalue weighted by atomic mass is 9.70. The molecule has 6 heteroatoms. The van der Waals surface area contributed by atoms with Crippen LogP contribution in [0.15, 0.2) is 18.3 Å². The smallest absolute Gasteiger partial charge is 0.250 e. The van der Waals surface area contributed by atoms with Crippen molar-refractivity contribution in [1.29, 1.82) is 0 Å². The predicted octanol–water partition coefficient (Wildman–Crippen LogP) is 4.55. The van der Waals surface area contributed by atoms with Gasteiger partial charge in [0.1, 0.15) is 5.82 Å². The standard InChI is InChI=1S/C24H36F2N4/c25-24(26)10-12-28(13-11-24)19-20-4-5-22(27-18-20)30-16-8-23(9-17-30)6-14-29(15-7-23)21-2-1-3-21/h4-5,18,21H,1-3,6-17,19H2. The lowest BCUT2D eigenvalue weighted by molar-refractivity contribution is -0.0566. The molecule has 1 aromatic rings. The molecule has 5 rings (SSSR count). The molecule has 0 bridgehead atoms. The maximum absolute atomic E-state index is 13.3. The number of likely N-dealkylation sites (tertiary alicyclic amines) is 2. The zero-order chi connectivity index (χ0) is 20.6. The summed E-state index contributed by atoms with van der Waals surface area (Å²) in [6, 6.07) is 5.16. The molecular formula is C24H36F2N4. The molecule has 3 aliphatic heterocycles. The van der Waals surface area contributed by atoms with Gasteiger partial charge in [-0.15, -0.1) is 0 Å². The van der Waals surface area contributed by atoms with Crippen LogP contribution in [0.1, 0.15) is 63.4 Å². The average molecular weight is 419 g/mol. The first-order chi connectivity index (χ1) is 14.5. The maximum atomic E-state index is 13.3. The number of pyridine rings is 1. The van der Waals surface area contributed by atoms with Gasteiger partial charge in [0.25, 0.3) is 5.92 Å². The maximum Gasteiger partial charge on any atom is 0.250 e. The number of hydrogen-bond acceptors (Lipinski definition) is 4. The average Bonchev–Trinajstić information content (AvgIpc) is 2.72. The second-order valence-electron chi connectivity index (χ2n) is 10.3. The fraction of sp³-hybridized carbons (Fsp3) is 0.792. The largest absolute Gasteiger partial charge is 0.357 e. The minimum absolute atomic E-state index is 0.0214. The lowest BCUT2D eigenvalue weighted by Gasteiger charge is -2.50. The van der Waals surface area contributed by atoms with Gasteiger partial charge in [0, 0.05) is 57.8 Å². The van der Waals surface area contributed by atoms with Crippen molar-refractivity contribution < 1.29 is 8.78 Å². The van der Waals surface area contributed by atoms with E-state index in [0.29, 0.717) is 18.5 Å². The molecular weight excluding hydrogens is 382 g/mol. The molecule has 1 spiro atoms. The molecule has 1 aromatic heterocycles. The zero-order valence-electron chi connectivity index (χ0n) is 18.2. The molecule has 0 aromatic carbocycles. The minimum Gasteiger partial charge on any atom is -0.357 e. The van der Waals surface area contributed by atoms with Crippen LogP contribution < -0.4 is 4.90 Å². The monoisotopic (exact) mass is 418 g/mol. The topological polar surface area (TPSA) is 22.6 Å². The Balaban J connectivity index is 1.10. The summed E-state index contributed by atoms with van der Waals surface area (Å²) in [5.41, 5.74) is 1.69. The molecule has 3 saturated heterocycles. The Morgan fingerprint density at radius 1 is 0.867 bits per heavy atom. The fourth-order valence-electron chi connectivity index (χ4n) is 5.82. The minimum atomic E-state index is -2.47. The summed E-state index contributed by atoms with van der Waals surface area (Å²) in [5, 5.41) is 0. The summed E-state index contributed by atoms with van der Waals surface area (Å²) in [5.74, 6) is -1.40. The second-order valence-corrected chi connectivity index (χ2v) is 10.3. The third-order valence-corrected chi connectivity index (χ3v) is 8.40. The Hall–Kier alpha value is -1.27. The van der Waals surface area contributed by atoms with Gasteiger partial charge in [-0.2, -0.15) is 0 Å². The van der Waals surface area contributed by atoms with Crippen LogP contribution in [0.5, 0.6) is 0 Å². The summed E-state index contributed by atoms with van der Waals surface area (Å²) in [6.07, 6.45) is 11.5. The van der Waals surface area contributed by atoms with Crippen molar-refractivity contribution in [3.8, 4) is 0 Å². The predicted molar refractivity (Wildman–Crippen MR) is 116 cm³/mol. The Bertz CT molecular complexity index is 690. The highest BCUT2D eigenvalue weighted by molar-refractivity contribution is 5.40. The highest BCUT2D eigenvalue weighted by Gasteiger charge is 2.40. The molecule has 4 nitrogen and oxygen atoms in total. The van der Waals surface area contributed by atoms with Crippen molar-refractivity contribution in [3.63, 3.8) is 0 Å². The van der Waals surface area contributed by atoms with E-state index in [1.807, 2.05) is 6.20 Å². The molecule has 30 heavy (non-hydrogen) atoms. The molecule has 0 atom stereocenters. The molecule has 4 heterocycles. The summed E-state index contributed by atoms with van der Waals surface area (Å²) in [4.78, 5) is 12.0. The van der Waals surface area contributed by atoms with Gasteiger partial charge in [0.15, 0.2) is 0 Å². The fourth-order valence-corrected chi connectivity index (χ4v) is 5.82. The molecule has 0 N–H and O–H groups in total. The van der Waals surface area contributed by atoms with Gasteiger partial charge >= 0.3 is 0 Å². The van der Waals surface area contributed by atoms with E-state index in [-0.39, 0.29) is 12.8 Å². The molecule has 1 aliphatic carbocycles. The van der Waals surface area contributed by atoms with Gasteiger partial charge in [0.2, 0.25) is 0 Å². The third kappa shape index (κ3) is 4.50. The summed E-state index contributed by atoms with van der Waals surface area (Å²) >= 11 is 0. The van der Waals surface area contributed by atoms with Gasteiger partial charge in [-0.05, 0) is 68.7 Å². The van der Waals surface area contributed by atoms with Crippen LogP contribution in [0, 0.1) is 5.41 Å². The molecule has 4 aliphatic rings. The normalized spacial score (nSPS) is 27.9. The van der Waals surface area contributed by atoms with Crippen molar-refractivity contribution >= 4 is 5.82 Å². The number of alkyl halides is 2. The first-order valence-electron chi connectivity index (χ1n) is 12.0. The molecule has 1 saturated carbocycles. The van der Waals surface area contributed by atoms with Crippen molar-refractivity contribution in [2.24, 2.45) is 5.41 Å². The zero-order valence-corrected chi connectivity index (χ0v) is 18.2. The van der Waals surface area contributed by atoms with E-state index in [1.165, 1.54) is 58.0 Å². The van der Waals surface area contributed by atoms with Gasteiger partial charge in [-0.25, -0.2) is 13.8 Å². The summed E-state index contributed by atoms with van der Waals surface area (Å²) in [6.45, 7) is 6.50. The van der Waals surface area contributed by atoms with E-state index in [4.69, 9.17) is 4.98 Å². The van der Waals surface area contributed by atoms with E-state index >= 15 is 0 Å². The van der Waals surface area contributed by atoms with Gasteiger partial charge in [0.05, 0.1) is 0 Å². The van der Waals surface area contributed by atoms with E-state index in [9.17, 15) is 8.78 Å². The molecule has 0 unspecified atom stereocenters. The Morgan fingerprint density at radius 3 is 2.10 bits per heavy atom. The van der Waals surface area contributed by atoms with E-state index in [2.05, 4.69) is 26.8 Å². The summed E-state index contributed by atoms with van der Waals surface area (Å²) < 4.78 is 26.7. The van der Waals surface area contributed by atoms with Crippen LogP contribution >= 0.6 is 0 Å². The number of halogens is 2. The number of rotatable bonds is 4. The Morgan fingerprint density at radius 2 is 1.53 bits per heavy atom. The van der Waals surface area contributed by atoms with Crippen LogP contribution in [0.25, 0.3) is 0 Å². The van der Waals surface area contributed by atoms with Crippen molar-refractivity contribution in [1.82, 2.24) is 14.8 Å². The number of hydrogen-bond donors (Lipinski definition) is 0. The van der Waals surface area contributed by atoms with E-state index in [1.54, 1.807) is 0 Å². The van der Waals surface area contributed by atoms with Crippen LogP contribution in [0.3, 0.4) is 0 Å². The van der Waals surface area contributed by atoms with E-state index in [0.717, 1.165) is 37.1 Å². The molecule has 166 valence electrons. The second kappa shape index (κ2) is 8.34. The summed E-state index contributed by atoms with van der Waals surface area (Å²) in [7, 11) is 0. The Kier molecular flexibility index (Phi) is 5.74. The van der Waals surface area contributed by atoms with Gasteiger partial charge in [-0.3, -0.25) is 4.90 Å². The highest BCUT2D eigenvalue weighted by atomic mass is 19.3. The number of aromatic nitrogens is 1. The third-order valence-electron chi connectivity index (χ3n) is 8.40. The highest BCUT2D eigenvalue weighted by Crippen LogP contribution is 2.43. The lowest BCUT2D eigenvalue weighted by Crippen LogP contribution is -2.51. The van der Waals surface area contributed by atoms with Crippen LogP contribution in [0.2, 0.25) is 0 Å². The van der Waals surface area contributed by atoms with Crippen LogP contribution in [-0.4, -0.2) is 66.0 Å². The van der Waals surface area contributed by atoms with Crippen LogP contribution in [0.4, 0.5) is 14.6 Å². The molecule has 0 radical (unpaired) electrons. The first-order valence-corrected chi connectivity index (χ1v) is 12.0. The number of nitrogens with zero attached hydrogens (tertiary/aromatic N) is 4. The first kappa shape index (κ1) is 20.6. The number of anilines is 1. The molecule has 4 fully saturated rings. The quantitative estimate of drug-likeness (QED) is 0.716. The van der Waals surface area contributed by atoms with Crippen LogP contribution in [-0.2, 0) is 6.54 Å². The van der Waals surface area contributed by atoms with E-state index < -0.39 is 5.92 Å². The van der Waals surface area contributed by atoms with Crippen molar-refractivity contribution in [3.05, 3.63) is 23.9 Å². The Labute approximate surface area is 179 Å². The van der Waals surface area contributed by atoms with Gasteiger partial charge in [-0.1, -0.05) is 12.5 Å². The van der Waals surface area contributed by atoms with Gasteiger partial charge < -0.3 is 9.80 Å². The number of piperidine rings is 3. The van der Waals surface area contributed by atoms with Crippen molar-refractivity contribution in [2.45, 2.75) is 76.3 Å². The van der Waals surface area contributed by atoms with Crippen molar-refractivity contribution in [2.75, 3.05) is 44.2 Å². The SMILES string of the molecule is FC1(F)CCN(Cc2ccc(N3CCC4(CC3)CCN(C3CCC3)CC4)nc2)CC1.